The first-order valence-electron chi connectivity index (χ1n) is 2.97. The van der Waals surface area contributed by atoms with E-state index in [-0.39, 0.29) is 0 Å². The molecule has 0 heterocycles. The van der Waals surface area contributed by atoms with Crippen molar-refractivity contribution < 1.29 is 0 Å². The molecule has 0 amide bonds. The van der Waals surface area contributed by atoms with E-state index in [0.717, 1.165) is 0 Å². The Labute approximate surface area is 60.8 Å². The van der Waals surface area contributed by atoms with E-state index >= 15 is 0 Å². The summed E-state index contributed by atoms with van der Waals surface area (Å²) in [6, 6.07) is 0. The minimum absolute atomic E-state index is 1.31. The Balaban J connectivity index is 0. The molecular formula is C6H15I. The summed E-state index contributed by atoms with van der Waals surface area (Å²) in [6.45, 7) is 6.21. The van der Waals surface area contributed by atoms with Crippen LogP contribution >= 0.6 is 22.6 Å². The average Bonchev–Trinajstić information content (AvgIpc) is 1.75. The summed E-state index contributed by atoms with van der Waals surface area (Å²) in [5.41, 5.74) is 0. The lowest BCUT2D eigenvalue weighted by atomic mass is 10.4. The molecule has 0 radical (unpaired) electrons. The van der Waals surface area contributed by atoms with E-state index in [0.29, 0.717) is 0 Å². The Morgan fingerprint density at radius 3 is 1.71 bits per heavy atom. The molecule has 0 rings (SSSR count). The highest BCUT2D eigenvalue weighted by molar-refractivity contribution is 14.1. The van der Waals surface area contributed by atoms with Gasteiger partial charge < -0.3 is 0 Å². The second-order valence-electron chi connectivity index (χ2n) is 1.04. The number of rotatable bonds is 2. The number of unbranched alkanes of at least 4 members (excludes halogenated alkanes) is 1. The molecule has 7 heavy (non-hydrogen) atoms. The summed E-state index contributed by atoms with van der Waals surface area (Å²) >= 11 is 2.39. The third-order valence-electron chi connectivity index (χ3n) is 0.487. The molecule has 0 saturated heterocycles. The van der Waals surface area contributed by atoms with Crippen LogP contribution < -0.4 is 0 Å². The highest BCUT2D eigenvalue weighted by Gasteiger charge is 1.69. The molecule has 0 spiro atoms. The lowest BCUT2D eigenvalue weighted by molar-refractivity contribution is 0.907. The monoisotopic (exact) mass is 214 g/mol. The van der Waals surface area contributed by atoms with Crippen molar-refractivity contribution in [3.8, 4) is 0 Å². The van der Waals surface area contributed by atoms with Gasteiger partial charge in [-0.25, -0.2) is 0 Å². The van der Waals surface area contributed by atoms with Crippen LogP contribution in [-0.2, 0) is 0 Å². The molecule has 0 fully saturated rings. The van der Waals surface area contributed by atoms with E-state index in [2.05, 4.69) is 29.5 Å². The van der Waals surface area contributed by atoms with Gasteiger partial charge in [-0.15, -0.1) is 0 Å². The van der Waals surface area contributed by atoms with E-state index in [4.69, 9.17) is 0 Å². The van der Waals surface area contributed by atoms with E-state index in [1.54, 1.807) is 0 Å². The van der Waals surface area contributed by atoms with E-state index in [1.165, 1.54) is 17.3 Å². The highest BCUT2D eigenvalue weighted by atomic mass is 127. The molecule has 0 aliphatic heterocycles. The molecule has 0 bridgehead atoms. The summed E-state index contributed by atoms with van der Waals surface area (Å²) in [7, 11) is 0. The molecular weight excluding hydrogens is 199 g/mol. The Kier molecular flexibility index (Phi) is 24.2. The molecule has 46 valence electrons. The number of alkyl halides is 1. The van der Waals surface area contributed by atoms with E-state index in [9.17, 15) is 0 Å². The minimum Gasteiger partial charge on any atom is -0.0864 e. The highest BCUT2D eigenvalue weighted by Crippen LogP contribution is 1.90. The fraction of sp³-hybridized carbons (Fsp3) is 1.00. The lowest BCUT2D eigenvalue weighted by Crippen LogP contribution is -1.64. The zero-order valence-corrected chi connectivity index (χ0v) is 7.66. The SMILES string of the molecule is CC.CCCCI. The summed E-state index contributed by atoms with van der Waals surface area (Å²) in [4.78, 5) is 0. The van der Waals surface area contributed by atoms with Crippen LogP contribution in [0.5, 0.6) is 0 Å². The maximum absolute atomic E-state index is 2.39. The van der Waals surface area contributed by atoms with Gasteiger partial charge in [-0.2, -0.15) is 0 Å². The minimum atomic E-state index is 1.31. The van der Waals surface area contributed by atoms with Gasteiger partial charge in [0.1, 0.15) is 0 Å². The molecule has 0 N–H and O–H groups in total. The molecule has 0 aromatic carbocycles. The largest absolute Gasteiger partial charge is 0.0864 e. The van der Waals surface area contributed by atoms with Crippen LogP contribution in [0.25, 0.3) is 0 Å². The van der Waals surface area contributed by atoms with Gasteiger partial charge in [0.05, 0.1) is 0 Å². The van der Waals surface area contributed by atoms with E-state index in [1.807, 2.05) is 13.8 Å². The molecule has 0 atom stereocenters. The first-order chi connectivity index (χ1) is 3.41. The quantitative estimate of drug-likeness (QED) is 0.489. The van der Waals surface area contributed by atoms with Crippen molar-refractivity contribution in [3.05, 3.63) is 0 Å². The molecule has 0 aromatic rings. The van der Waals surface area contributed by atoms with Gasteiger partial charge in [-0.1, -0.05) is 49.8 Å². The van der Waals surface area contributed by atoms with Crippen molar-refractivity contribution in [2.24, 2.45) is 0 Å². The molecule has 0 aromatic heterocycles. The predicted molar refractivity (Wildman–Crippen MR) is 45.1 cm³/mol. The van der Waals surface area contributed by atoms with Crippen LogP contribution in [0, 0.1) is 0 Å². The molecule has 0 unspecified atom stereocenters. The summed E-state index contributed by atoms with van der Waals surface area (Å²) in [5.74, 6) is 0. The molecule has 0 nitrogen and oxygen atoms in total. The average molecular weight is 214 g/mol. The summed E-state index contributed by atoms with van der Waals surface area (Å²) in [6.07, 6.45) is 2.71. The summed E-state index contributed by atoms with van der Waals surface area (Å²) < 4.78 is 1.31. The van der Waals surface area contributed by atoms with Crippen LogP contribution in [0.4, 0.5) is 0 Å². The van der Waals surface area contributed by atoms with Gasteiger partial charge in [-0.05, 0) is 10.8 Å². The Bertz CT molecular complexity index is 11.7. The molecule has 0 saturated carbocycles. The molecule has 1 heteroatoms. The fourth-order valence-corrected chi connectivity index (χ4v) is 0.896. The molecule has 0 aliphatic carbocycles. The Morgan fingerprint density at radius 1 is 1.29 bits per heavy atom. The van der Waals surface area contributed by atoms with E-state index < -0.39 is 0 Å². The zero-order valence-electron chi connectivity index (χ0n) is 5.50. The van der Waals surface area contributed by atoms with Crippen molar-refractivity contribution in [2.45, 2.75) is 33.6 Å². The number of hydrogen-bond acceptors (Lipinski definition) is 0. The fourth-order valence-electron chi connectivity index (χ4n) is 0.134. The van der Waals surface area contributed by atoms with Crippen molar-refractivity contribution in [3.63, 3.8) is 0 Å². The second kappa shape index (κ2) is 15.9. The van der Waals surface area contributed by atoms with Gasteiger partial charge in [-0.3, -0.25) is 0 Å². The zero-order chi connectivity index (χ0) is 6.12. The Morgan fingerprint density at radius 2 is 1.71 bits per heavy atom. The number of halogens is 1. The van der Waals surface area contributed by atoms with Gasteiger partial charge in [0.15, 0.2) is 0 Å². The van der Waals surface area contributed by atoms with Crippen molar-refractivity contribution >= 4 is 22.6 Å². The standard InChI is InChI=1S/C4H9I.C2H6/c1-2-3-4-5;1-2/h2-4H2,1H3;1-2H3. The van der Waals surface area contributed by atoms with Crippen molar-refractivity contribution in [2.75, 3.05) is 4.43 Å². The van der Waals surface area contributed by atoms with Crippen LogP contribution in [0.2, 0.25) is 0 Å². The number of hydrogen-bond donors (Lipinski definition) is 0. The predicted octanol–water partition coefficient (Wildman–Crippen LogP) is 3.25. The Hall–Kier alpha value is 0.730. The smallest absolute Gasteiger partial charge is 0.000483 e. The molecule has 0 aliphatic rings. The second-order valence-corrected chi connectivity index (χ2v) is 2.12. The maximum atomic E-state index is 2.39. The van der Waals surface area contributed by atoms with Gasteiger partial charge in [0, 0.05) is 0 Å². The third-order valence-corrected chi connectivity index (χ3v) is 1.25. The van der Waals surface area contributed by atoms with Crippen molar-refractivity contribution in [1.82, 2.24) is 0 Å². The first kappa shape index (κ1) is 10.7. The summed E-state index contributed by atoms with van der Waals surface area (Å²) in [5, 5.41) is 0. The topological polar surface area (TPSA) is 0 Å². The normalized spacial score (nSPS) is 6.86. The van der Waals surface area contributed by atoms with Crippen LogP contribution in [-0.4, -0.2) is 4.43 Å². The van der Waals surface area contributed by atoms with Crippen LogP contribution in [0.15, 0.2) is 0 Å². The van der Waals surface area contributed by atoms with Crippen LogP contribution in [0.1, 0.15) is 33.6 Å². The van der Waals surface area contributed by atoms with Crippen LogP contribution in [0.3, 0.4) is 0 Å². The van der Waals surface area contributed by atoms with Gasteiger partial charge in [0.2, 0.25) is 0 Å². The lowest BCUT2D eigenvalue weighted by Gasteiger charge is -1.77. The maximum Gasteiger partial charge on any atom is -0.000483 e. The van der Waals surface area contributed by atoms with Crippen molar-refractivity contribution in [1.29, 1.82) is 0 Å². The first-order valence-corrected chi connectivity index (χ1v) is 4.50. The van der Waals surface area contributed by atoms with Gasteiger partial charge >= 0.3 is 0 Å². The third kappa shape index (κ3) is 20.2. The van der Waals surface area contributed by atoms with Gasteiger partial charge in [0.25, 0.3) is 0 Å².